The van der Waals surface area contributed by atoms with Crippen LogP contribution >= 0.6 is 23.1 Å². The molecular formula is C10H10N4O3S2. The molecule has 2 heterocycles. The van der Waals surface area contributed by atoms with Crippen LogP contribution in [-0.2, 0) is 4.79 Å². The zero-order valence-electron chi connectivity index (χ0n) is 9.82. The summed E-state index contributed by atoms with van der Waals surface area (Å²) in [5, 5.41) is 11.3. The normalized spacial score (nSPS) is 12.1. The topological polar surface area (TPSA) is 111 Å². The molecule has 3 amide bonds. The summed E-state index contributed by atoms with van der Waals surface area (Å²) < 4.78 is 5.41. The van der Waals surface area contributed by atoms with Crippen LogP contribution in [0.15, 0.2) is 27.2 Å². The van der Waals surface area contributed by atoms with Crippen LogP contribution in [0, 0.1) is 0 Å². The van der Waals surface area contributed by atoms with E-state index in [0.29, 0.717) is 5.89 Å². The van der Waals surface area contributed by atoms with Crippen molar-refractivity contribution in [2.45, 2.75) is 17.4 Å². The van der Waals surface area contributed by atoms with E-state index in [1.807, 2.05) is 22.8 Å². The second-order valence-electron chi connectivity index (χ2n) is 3.46. The van der Waals surface area contributed by atoms with E-state index in [-0.39, 0.29) is 5.22 Å². The van der Waals surface area contributed by atoms with Crippen molar-refractivity contribution < 1.29 is 14.0 Å². The van der Waals surface area contributed by atoms with E-state index in [9.17, 15) is 9.59 Å². The second kappa shape index (κ2) is 5.85. The summed E-state index contributed by atoms with van der Waals surface area (Å²) in [5.74, 6) is -0.103. The first-order chi connectivity index (χ1) is 9.06. The summed E-state index contributed by atoms with van der Waals surface area (Å²) in [6, 6.07) is 2.85. The van der Waals surface area contributed by atoms with E-state index in [1.165, 1.54) is 11.3 Å². The van der Waals surface area contributed by atoms with Crippen molar-refractivity contribution >= 4 is 35.0 Å². The van der Waals surface area contributed by atoms with Crippen molar-refractivity contribution in [2.75, 3.05) is 0 Å². The van der Waals surface area contributed by atoms with Gasteiger partial charge in [0.2, 0.25) is 5.91 Å². The van der Waals surface area contributed by atoms with E-state index in [0.717, 1.165) is 16.6 Å². The Kier molecular flexibility index (Phi) is 4.17. The maximum Gasteiger partial charge on any atom is 0.318 e. The summed E-state index contributed by atoms with van der Waals surface area (Å²) in [5.41, 5.74) is 4.86. The molecule has 9 heteroatoms. The first-order valence-corrected chi connectivity index (χ1v) is 6.96. The zero-order valence-corrected chi connectivity index (χ0v) is 11.5. The van der Waals surface area contributed by atoms with Crippen LogP contribution in [0.2, 0.25) is 0 Å². The number of nitrogens with two attached hydrogens (primary N) is 1. The summed E-state index contributed by atoms with van der Waals surface area (Å²) in [7, 11) is 0. The number of thiophene rings is 1. The smallest absolute Gasteiger partial charge is 0.318 e. The molecule has 3 N–H and O–H groups in total. The monoisotopic (exact) mass is 298 g/mol. The van der Waals surface area contributed by atoms with Gasteiger partial charge >= 0.3 is 6.03 Å². The van der Waals surface area contributed by atoms with Gasteiger partial charge in [0.1, 0.15) is 0 Å². The molecule has 0 unspecified atom stereocenters. The Morgan fingerprint density at radius 3 is 2.95 bits per heavy atom. The quantitative estimate of drug-likeness (QED) is 0.827. The lowest BCUT2D eigenvalue weighted by Crippen LogP contribution is -2.39. The van der Waals surface area contributed by atoms with Crippen LogP contribution in [0.5, 0.6) is 0 Å². The predicted molar refractivity (Wildman–Crippen MR) is 70.7 cm³/mol. The Morgan fingerprint density at radius 2 is 2.32 bits per heavy atom. The third-order valence-corrected chi connectivity index (χ3v) is 3.82. The summed E-state index contributed by atoms with van der Waals surface area (Å²) in [6.07, 6.45) is 0. The standard InChI is InChI=1S/C10H10N4O3S2/c1-5(7(15)12-9(11)16)19-10-14-13-8(17-10)6-3-2-4-18-6/h2-5H,1H3,(H3,11,12,15,16)/t5-/m0/s1. The number of hydrogen-bond acceptors (Lipinski definition) is 7. The minimum absolute atomic E-state index is 0.260. The van der Waals surface area contributed by atoms with Gasteiger partial charge in [-0.2, -0.15) is 0 Å². The van der Waals surface area contributed by atoms with Crippen molar-refractivity contribution in [3.8, 4) is 10.8 Å². The molecule has 0 aliphatic carbocycles. The molecular weight excluding hydrogens is 288 g/mol. The highest BCUT2D eigenvalue weighted by Crippen LogP contribution is 2.28. The molecule has 0 fully saturated rings. The van der Waals surface area contributed by atoms with Gasteiger partial charge in [-0.25, -0.2) is 4.79 Å². The van der Waals surface area contributed by atoms with Crippen LogP contribution < -0.4 is 11.1 Å². The van der Waals surface area contributed by atoms with E-state index >= 15 is 0 Å². The van der Waals surface area contributed by atoms with Gasteiger partial charge in [-0.15, -0.1) is 21.5 Å². The van der Waals surface area contributed by atoms with Crippen molar-refractivity contribution in [1.82, 2.24) is 15.5 Å². The van der Waals surface area contributed by atoms with Crippen LogP contribution in [0.3, 0.4) is 0 Å². The molecule has 100 valence electrons. The fourth-order valence-corrected chi connectivity index (χ4v) is 2.51. The Morgan fingerprint density at radius 1 is 1.53 bits per heavy atom. The molecule has 0 aliphatic rings. The number of imide groups is 1. The van der Waals surface area contributed by atoms with Gasteiger partial charge in [0.15, 0.2) is 0 Å². The average molecular weight is 298 g/mol. The number of urea groups is 1. The van der Waals surface area contributed by atoms with E-state index < -0.39 is 17.2 Å². The Bertz CT molecular complexity index is 581. The summed E-state index contributed by atoms with van der Waals surface area (Å²) in [6.45, 7) is 1.61. The van der Waals surface area contributed by atoms with Crippen molar-refractivity contribution in [1.29, 1.82) is 0 Å². The molecule has 0 aliphatic heterocycles. The third-order valence-electron chi connectivity index (χ3n) is 2.03. The number of aromatic nitrogens is 2. The largest absolute Gasteiger partial charge is 0.410 e. The van der Waals surface area contributed by atoms with Crippen molar-refractivity contribution in [2.24, 2.45) is 5.73 Å². The molecule has 0 saturated heterocycles. The van der Waals surface area contributed by atoms with Gasteiger partial charge in [-0.3, -0.25) is 10.1 Å². The maximum absolute atomic E-state index is 11.5. The molecule has 0 bridgehead atoms. The Balaban J connectivity index is 2.00. The predicted octanol–water partition coefficient (Wildman–Crippen LogP) is 1.47. The highest BCUT2D eigenvalue weighted by atomic mass is 32.2. The SMILES string of the molecule is C[C@H](Sc1nnc(-c2cccs2)o1)C(=O)NC(N)=O. The lowest BCUT2D eigenvalue weighted by Gasteiger charge is -2.06. The summed E-state index contributed by atoms with van der Waals surface area (Å²) >= 11 is 2.53. The van der Waals surface area contributed by atoms with Crippen LogP contribution in [0.4, 0.5) is 4.79 Å². The van der Waals surface area contributed by atoms with Crippen LogP contribution in [0.25, 0.3) is 10.8 Å². The molecule has 2 aromatic heterocycles. The molecule has 7 nitrogen and oxygen atoms in total. The van der Waals surface area contributed by atoms with E-state index in [1.54, 1.807) is 6.92 Å². The number of carbonyl (C=O) groups excluding carboxylic acids is 2. The van der Waals surface area contributed by atoms with Crippen LogP contribution in [0.1, 0.15) is 6.92 Å². The number of rotatable bonds is 4. The summed E-state index contributed by atoms with van der Waals surface area (Å²) in [4.78, 5) is 22.9. The molecule has 19 heavy (non-hydrogen) atoms. The molecule has 1 atom stereocenters. The zero-order chi connectivity index (χ0) is 13.8. The number of thioether (sulfide) groups is 1. The number of carbonyl (C=O) groups is 2. The van der Waals surface area contributed by atoms with Gasteiger partial charge in [-0.1, -0.05) is 17.8 Å². The van der Waals surface area contributed by atoms with Crippen molar-refractivity contribution in [3.63, 3.8) is 0 Å². The molecule has 0 spiro atoms. The highest BCUT2D eigenvalue weighted by molar-refractivity contribution is 8.00. The first-order valence-electron chi connectivity index (χ1n) is 5.20. The van der Waals surface area contributed by atoms with E-state index in [4.69, 9.17) is 10.2 Å². The molecule has 0 saturated carbocycles. The van der Waals surface area contributed by atoms with Gasteiger partial charge < -0.3 is 10.2 Å². The highest BCUT2D eigenvalue weighted by Gasteiger charge is 2.19. The number of primary amides is 1. The fraction of sp³-hybridized carbons (Fsp3) is 0.200. The number of nitrogens with one attached hydrogen (secondary N) is 1. The lowest BCUT2D eigenvalue weighted by atomic mass is 10.4. The number of amides is 3. The lowest BCUT2D eigenvalue weighted by molar-refractivity contribution is -0.119. The fourth-order valence-electron chi connectivity index (χ4n) is 1.19. The van der Waals surface area contributed by atoms with E-state index in [2.05, 4.69) is 10.2 Å². The van der Waals surface area contributed by atoms with Gasteiger partial charge in [0, 0.05) is 0 Å². The first kappa shape index (κ1) is 13.6. The van der Waals surface area contributed by atoms with Gasteiger partial charge in [-0.05, 0) is 18.4 Å². The molecule has 0 radical (unpaired) electrons. The Hall–Kier alpha value is -1.87. The minimum Gasteiger partial charge on any atom is -0.410 e. The average Bonchev–Trinajstić information content (AvgIpc) is 2.96. The molecule has 2 rings (SSSR count). The molecule has 2 aromatic rings. The number of hydrogen-bond donors (Lipinski definition) is 2. The van der Waals surface area contributed by atoms with Crippen molar-refractivity contribution in [3.05, 3.63) is 17.5 Å². The third kappa shape index (κ3) is 3.55. The second-order valence-corrected chi connectivity index (χ2v) is 5.70. The van der Waals surface area contributed by atoms with Crippen LogP contribution in [-0.4, -0.2) is 27.4 Å². The number of nitrogens with zero attached hydrogens (tertiary/aromatic N) is 2. The van der Waals surface area contributed by atoms with Gasteiger partial charge in [0.25, 0.3) is 11.1 Å². The molecule has 0 aromatic carbocycles. The Labute approximate surface area is 116 Å². The minimum atomic E-state index is -0.887. The van der Waals surface area contributed by atoms with Gasteiger partial charge in [0.05, 0.1) is 10.1 Å². The maximum atomic E-state index is 11.5.